The van der Waals surface area contributed by atoms with Crippen molar-refractivity contribution in [3.05, 3.63) is 59.9 Å². The van der Waals surface area contributed by atoms with Crippen LogP contribution < -0.4 is 0 Å². The van der Waals surface area contributed by atoms with Gasteiger partial charge in [-0.2, -0.15) is 0 Å². The normalized spacial score (nSPS) is 34.8. The summed E-state index contributed by atoms with van der Waals surface area (Å²) >= 11 is 0. The first kappa shape index (κ1) is 17.0. The number of rotatable bonds is 2. The fourth-order valence-electron chi connectivity index (χ4n) is 3.59. The molecular weight excluding hydrogens is 298 g/mol. The summed E-state index contributed by atoms with van der Waals surface area (Å²) < 4.78 is 0. The molecule has 2 unspecified atom stereocenters. The van der Waals surface area contributed by atoms with Crippen LogP contribution in [0.15, 0.2) is 65.1 Å². The van der Waals surface area contributed by atoms with Crippen LogP contribution in [0, 0.1) is 17.8 Å². The molecule has 0 saturated heterocycles. The van der Waals surface area contributed by atoms with Gasteiger partial charge in [-0.25, -0.2) is 0 Å². The van der Waals surface area contributed by atoms with E-state index >= 15 is 0 Å². The second kappa shape index (κ2) is 8.29. The van der Waals surface area contributed by atoms with Gasteiger partial charge in [-0.1, -0.05) is 54.6 Å². The van der Waals surface area contributed by atoms with Crippen LogP contribution in [0.4, 0.5) is 0 Å². The van der Waals surface area contributed by atoms with E-state index in [1.807, 2.05) is 6.21 Å². The number of hydrogen-bond acceptors (Lipinski definition) is 3. The van der Waals surface area contributed by atoms with Gasteiger partial charge in [0.15, 0.2) is 0 Å². The summed E-state index contributed by atoms with van der Waals surface area (Å²) in [6.07, 6.45) is 23.3. The molecule has 1 heterocycles. The average molecular weight is 325 g/mol. The maximum absolute atomic E-state index is 11.0. The number of nitrogens with zero attached hydrogens (tertiary/aromatic N) is 1. The monoisotopic (exact) mass is 325 g/mol. The van der Waals surface area contributed by atoms with Crippen LogP contribution in [-0.4, -0.2) is 17.4 Å². The van der Waals surface area contributed by atoms with E-state index in [2.05, 4.69) is 54.6 Å². The molecule has 128 valence electrons. The maximum atomic E-state index is 11.0. The van der Waals surface area contributed by atoms with Gasteiger partial charge < -0.3 is 9.94 Å². The molecule has 3 heteroatoms. The van der Waals surface area contributed by atoms with Crippen molar-refractivity contribution >= 4 is 6.21 Å². The molecule has 3 nitrogen and oxygen atoms in total. The Morgan fingerprint density at radius 3 is 3.00 bits per heavy atom. The van der Waals surface area contributed by atoms with Crippen LogP contribution in [0.1, 0.15) is 39.0 Å². The highest BCUT2D eigenvalue weighted by atomic mass is 16.6. The highest BCUT2D eigenvalue weighted by Crippen LogP contribution is 2.34. The molecule has 2 aliphatic carbocycles. The third-order valence-corrected chi connectivity index (χ3v) is 5.23. The minimum absolute atomic E-state index is 0.125. The van der Waals surface area contributed by atoms with Crippen LogP contribution in [0.25, 0.3) is 0 Å². The molecule has 0 bridgehead atoms. The van der Waals surface area contributed by atoms with Crippen LogP contribution in [0.3, 0.4) is 0 Å². The van der Waals surface area contributed by atoms with Gasteiger partial charge in [-0.3, -0.25) is 0 Å². The third kappa shape index (κ3) is 4.15. The molecule has 0 aromatic carbocycles. The molecule has 1 aliphatic heterocycles. The molecule has 0 fully saturated rings. The molecule has 0 aromatic rings. The Balaban J connectivity index is 1.80. The van der Waals surface area contributed by atoms with Gasteiger partial charge in [0.1, 0.15) is 6.26 Å². The minimum atomic E-state index is -0.445. The Bertz CT molecular complexity index is 609. The Morgan fingerprint density at radius 1 is 1.21 bits per heavy atom. The van der Waals surface area contributed by atoms with Crippen molar-refractivity contribution in [2.45, 2.75) is 45.1 Å². The lowest BCUT2D eigenvalue weighted by atomic mass is 9.77. The van der Waals surface area contributed by atoms with Crippen molar-refractivity contribution in [2.75, 3.05) is 0 Å². The third-order valence-electron chi connectivity index (χ3n) is 5.23. The molecule has 0 saturated carbocycles. The number of hydrogen-bond donors (Lipinski definition) is 1. The molecule has 1 N–H and O–H groups in total. The maximum Gasteiger partial charge on any atom is 0.125 e. The smallest absolute Gasteiger partial charge is 0.125 e. The first-order chi connectivity index (χ1) is 11.8. The second-order valence-electron chi connectivity index (χ2n) is 6.94. The summed E-state index contributed by atoms with van der Waals surface area (Å²) in [6.45, 7) is 2.24. The molecule has 0 radical (unpaired) electrons. The number of aliphatic hydroxyl groups excluding tert-OH is 1. The van der Waals surface area contributed by atoms with Crippen LogP contribution in [0.5, 0.6) is 0 Å². The summed E-state index contributed by atoms with van der Waals surface area (Å²) in [5.41, 5.74) is 2.25. The number of fused-ring (bicyclic) bond motifs is 1. The number of allylic oxidation sites excluding steroid dienone is 7. The van der Waals surface area contributed by atoms with Crippen LogP contribution in [0.2, 0.25) is 0 Å². The van der Waals surface area contributed by atoms with Gasteiger partial charge in [-0.15, -0.1) is 0 Å². The zero-order valence-electron chi connectivity index (χ0n) is 14.3. The largest absolute Gasteiger partial charge is 0.388 e. The fourth-order valence-corrected chi connectivity index (χ4v) is 3.59. The van der Waals surface area contributed by atoms with Crippen LogP contribution >= 0.6 is 0 Å². The van der Waals surface area contributed by atoms with Gasteiger partial charge in [0.05, 0.1) is 12.3 Å². The molecular formula is C21H27NO2. The summed E-state index contributed by atoms with van der Waals surface area (Å²) in [6, 6.07) is 0. The SMILES string of the molecule is C[C@H]1CCC2C=NOC=C2C=C[C@@H]1C(O)/C1=C/C=C\CCC=CC1. The minimum Gasteiger partial charge on any atom is -0.388 e. The van der Waals surface area contributed by atoms with Crippen molar-refractivity contribution in [1.29, 1.82) is 0 Å². The topological polar surface area (TPSA) is 41.8 Å². The number of aliphatic hydroxyl groups is 1. The van der Waals surface area contributed by atoms with Gasteiger partial charge in [0, 0.05) is 11.8 Å². The average Bonchev–Trinajstić information content (AvgIpc) is 2.73. The summed E-state index contributed by atoms with van der Waals surface area (Å²) in [7, 11) is 0. The predicted octanol–water partition coefficient (Wildman–Crippen LogP) is 4.69. The Morgan fingerprint density at radius 2 is 2.08 bits per heavy atom. The van der Waals surface area contributed by atoms with Gasteiger partial charge in [-0.05, 0) is 49.2 Å². The highest BCUT2D eigenvalue weighted by Gasteiger charge is 2.28. The molecule has 4 atom stereocenters. The molecule has 0 aromatic heterocycles. The lowest BCUT2D eigenvalue weighted by molar-refractivity contribution is 0.127. The van der Waals surface area contributed by atoms with E-state index in [-0.39, 0.29) is 5.92 Å². The van der Waals surface area contributed by atoms with E-state index in [0.29, 0.717) is 11.8 Å². The predicted molar refractivity (Wildman–Crippen MR) is 98.4 cm³/mol. The lowest BCUT2D eigenvalue weighted by Gasteiger charge is -2.31. The molecule has 24 heavy (non-hydrogen) atoms. The van der Waals surface area contributed by atoms with Gasteiger partial charge in [0.25, 0.3) is 0 Å². The molecule has 0 spiro atoms. The Kier molecular flexibility index (Phi) is 5.86. The first-order valence-electron chi connectivity index (χ1n) is 9.02. The van der Waals surface area contributed by atoms with Gasteiger partial charge >= 0.3 is 0 Å². The Hall–Kier alpha value is -1.87. The quantitative estimate of drug-likeness (QED) is 0.748. The lowest BCUT2D eigenvalue weighted by Crippen LogP contribution is -2.28. The van der Waals surface area contributed by atoms with E-state index < -0.39 is 6.10 Å². The standard InChI is InChI=1S/C21H27NO2/c1-16-10-11-18-14-22-24-15-19(18)12-13-20(16)21(23)17-8-6-4-2-3-5-7-9-17/h4-8,12-16,18,20-21,23H,2-3,9-11H2,1H3/b6-4-,7-5?,13-12?,17-8+/t16-,18?,20-,21?/m0/s1. The van der Waals surface area contributed by atoms with Gasteiger partial charge in [0.2, 0.25) is 0 Å². The fraction of sp³-hybridized carbons (Fsp3) is 0.476. The van der Waals surface area contributed by atoms with E-state index in [1.54, 1.807) is 6.26 Å². The molecule has 3 rings (SSSR count). The van der Waals surface area contributed by atoms with E-state index in [0.717, 1.165) is 43.3 Å². The van der Waals surface area contributed by atoms with Crippen LogP contribution in [-0.2, 0) is 4.84 Å². The summed E-state index contributed by atoms with van der Waals surface area (Å²) in [5, 5.41) is 14.9. The highest BCUT2D eigenvalue weighted by molar-refractivity contribution is 5.66. The van der Waals surface area contributed by atoms with Crippen molar-refractivity contribution in [2.24, 2.45) is 22.9 Å². The van der Waals surface area contributed by atoms with Crippen molar-refractivity contribution < 1.29 is 9.94 Å². The Labute approximate surface area is 144 Å². The zero-order chi connectivity index (χ0) is 16.8. The van der Waals surface area contributed by atoms with E-state index in [1.165, 1.54) is 0 Å². The zero-order valence-corrected chi connectivity index (χ0v) is 14.3. The summed E-state index contributed by atoms with van der Waals surface area (Å²) in [5.74, 6) is 0.889. The van der Waals surface area contributed by atoms with E-state index in [9.17, 15) is 5.11 Å². The van der Waals surface area contributed by atoms with Crippen molar-refractivity contribution in [3.63, 3.8) is 0 Å². The van der Waals surface area contributed by atoms with E-state index in [4.69, 9.17) is 4.84 Å². The first-order valence-corrected chi connectivity index (χ1v) is 9.02. The van der Waals surface area contributed by atoms with Crippen molar-refractivity contribution in [3.8, 4) is 0 Å². The summed E-state index contributed by atoms with van der Waals surface area (Å²) in [4.78, 5) is 5.08. The molecule has 0 amide bonds. The molecule has 3 aliphatic rings. The second-order valence-corrected chi connectivity index (χ2v) is 6.94. The number of oxime groups is 1. The van der Waals surface area contributed by atoms with Crippen molar-refractivity contribution in [1.82, 2.24) is 0 Å².